The van der Waals surface area contributed by atoms with Crippen LogP contribution >= 0.6 is 11.3 Å². The minimum absolute atomic E-state index is 0.0985. The Labute approximate surface area is 105 Å². The molecule has 2 heterocycles. The average Bonchev–Trinajstić information content (AvgIpc) is 2.74. The Morgan fingerprint density at radius 1 is 1.65 bits per heavy atom. The van der Waals surface area contributed by atoms with Crippen LogP contribution in [-0.2, 0) is 0 Å². The predicted molar refractivity (Wildman–Crippen MR) is 68.0 cm³/mol. The number of aryl methyl sites for hydroxylation is 1. The molecule has 5 heteroatoms. The molecule has 1 N–H and O–H groups in total. The van der Waals surface area contributed by atoms with Crippen LogP contribution in [0.15, 0.2) is 16.6 Å². The molecule has 1 saturated heterocycles. The third-order valence-corrected chi connectivity index (χ3v) is 4.18. The molecule has 0 spiro atoms. The molecule has 17 heavy (non-hydrogen) atoms. The minimum atomic E-state index is 0.0985. The van der Waals surface area contributed by atoms with Crippen LogP contribution < -0.4 is 0 Å². The lowest BCUT2D eigenvalue weighted by molar-refractivity contribution is 0.0738. The molecule has 0 radical (unpaired) electrons. The van der Waals surface area contributed by atoms with E-state index in [9.17, 15) is 4.79 Å². The van der Waals surface area contributed by atoms with Crippen LogP contribution in [0, 0.1) is 12.8 Å². The van der Waals surface area contributed by atoms with Crippen LogP contribution in [0.3, 0.4) is 0 Å². The Bertz CT molecular complexity index is 453. The summed E-state index contributed by atoms with van der Waals surface area (Å²) in [7, 11) is 0. The van der Waals surface area contributed by atoms with Crippen molar-refractivity contribution >= 4 is 23.0 Å². The predicted octanol–water partition coefficient (Wildman–Crippen LogP) is 2.37. The second-order valence-corrected chi connectivity index (χ2v) is 5.34. The quantitative estimate of drug-likeness (QED) is 0.616. The standard InChI is InChI=1S/C12H16N2O2S/c1-8-4-6-17-11(8)12(15)14-5-3-10(13-16)9(2)7-14/h4,6,9,16H,3,5,7H2,1-2H3/b13-10+. The zero-order valence-corrected chi connectivity index (χ0v) is 10.8. The van der Waals surface area contributed by atoms with Crippen molar-refractivity contribution in [3.05, 3.63) is 21.9 Å². The van der Waals surface area contributed by atoms with Crippen molar-refractivity contribution in [1.29, 1.82) is 0 Å². The lowest BCUT2D eigenvalue weighted by atomic mass is 9.97. The maximum Gasteiger partial charge on any atom is 0.264 e. The summed E-state index contributed by atoms with van der Waals surface area (Å²) < 4.78 is 0. The molecule has 1 fully saturated rings. The number of hydrogen-bond acceptors (Lipinski definition) is 4. The van der Waals surface area contributed by atoms with Crippen LogP contribution in [0.25, 0.3) is 0 Å². The SMILES string of the molecule is Cc1ccsc1C(=O)N1CC/C(=N\O)C(C)C1. The maximum atomic E-state index is 12.3. The molecule has 0 saturated carbocycles. The van der Waals surface area contributed by atoms with E-state index in [4.69, 9.17) is 5.21 Å². The highest BCUT2D eigenvalue weighted by atomic mass is 32.1. The second kappa shape index (κ2) is 4.87. The highest BCUT2D eigenvalue weighted by Crippen LogP contribution is 2.21. The average molecular weight is 252 g/mol. The largest absolute Gasteiger partial charge is 0.411 e. The molecule has 1 amide bonds. The third-order valence-electron chi connectivity index (χ3n) is 3.17. The first-order chi connectivity index (χ1) is 8.13. The van der Waals surface area contributed by atoms with Crippen molar-refractivity contribution in [1.82, 2.24) is 4.90 Å². The molecule has 92 valence electrons. The zero-order valence-electron chi connectivity index (χ0n) is 10.0. The summed E-state index contributed by atoms with van der Waals surface area (Å²) in [5, 5.41) is 14.0. The number of oxime groups is 1. The van der Waals surface area contributed by atoms with Gasteiger partial charge in [0.1, 0.15) is 0 Å². The molecule has 0 aromatic carbocycles. The van der Waals surface area contributed by atoms with E-state index < -0.39 is 0 Å². The molecule has 1 unspecified atom stereocenters. The number of nitrogens with zero attached hydrogens (tertiary/aromatic N) is 2. The molecule has 0 bridgehead atoms. The fraction of sp³-hybridized carbons (Fsp3) is 0.500. The van der Waals surface area contributed by atoms with E-state index in [1.807, 2.05) is 30.2 Å². The summed E-state index contributed by atoms with van der Waals surface area (Å²) in [6.07, 6.45) is 0.661. The van der Waals surface area contributed by atoms with Gasteiger partial charge < -0.3 is 10.1 Å². The van der Waals surface area contributed by atoms with Gasteiger partial charge in [0.25, 0.3) is 5.91 Å². The van der Waals surface area contributed by atoms with Gasteiger partial charge in [-0.25, -0.2) is 0 Å². The minimum Gasteiger partial charge on any atom is -0.411 e. The summed E-state index contributed by atoms with van der Waals surface area (Å²) in [5.74, 6) is 0.235. The molecule has 1 aliphatic rings. The number of thiophene rings is 1. The van der Waals surface area contributed by atoms with Crippen molar-refractivity contribution in [2.24, 2.45) is 11.1 Å². The van der Waals surface area contributed by atoms with Crippen molar-refractivity contribution in [3.8, 4) is 0 Å². The van der Waals surface area contributed by atoms with Crippen LogP contribution in [0.4, 0.5) is 0 Å². The van der Waals surface area contributed by atoms with E-state index in [1.54, 1.807) is 0 Å². The summed E-state index contributed by atoms with van der Waals surface area (Å²) in [5.41, 5.74) is 1.83. The topological polar surface area (TPSA) is 52.9 Å². The van der Waals surface area contributed by atoms with Gasteiger partial charge >= 0.3 is 0 Å². The van der Waals surface area contributed by atoms with Crippen LogP contribution in [0.1, 0.15) is 28.6 Å². The lowest BCUT2D eigenvalue weighted by Gasteiger charge is -2.31. The maximum absolute atomic E-state index is 12.3. The van der Waals surface area contributed by atoms with Gasteiger partial charge in [-0.2, -0.15) is 0 Å². The van der Waals surface area contributed by atoms with Gasteiger partial charge in [0, 0.05) is 25.4 Å². The van der Waals surface area contributed by atoms with E-state index >= 15 is 0 Å². The number of likely N-dealkylation sites (tertiary alicyclic amines) is 1. The van der Waals surface area contributed by atoms with E-state index in [0.717, 1.165) is 16.2 Å². The first kappa shape index (κ1) is 12.1. The van der Waals surface area contributed by atoms with Crippen molar-refractivity contribution in [2.75, 3.05) is 13.1 Å². The Balaban J connectivity index is 2.11. The fourth-order valence-corrected chi connectivity index (χ4v) is 2.98. The summed E-state index contributed by atoms with van der Waals surface area (Å²) in [6, 6.07) is 1.96. The van der Waals surface area contributed by atoms with Crippen molar-refractivity contribution in [2.45, 2.75) is 20.3 Å². The number of carbonyl (C=O) groups excluding carboxylic acids is 1. The first-order valence-electron chi connectivity index (χ1n) is 5.67. The molecule has 0 aliphatic carbocycles. The van der Waals surface area contributed by atoms with Gasteiger partial charge in [-0.05, 0) is 23.9 Å². The van der Waals surface area contributed by atoms with Crippen LogP contribution in [0.5, 0.6) is 0 Å². The van der Waals surface area contributed by atoms with Gasteiger partial charge in [0.05, 0.1) is 10.6 Å². The van der Waals surface area contributed by atoms with Gasteiger partial charge in [0.2, 0.25) is 0 Å². The van der Waals surface area contributed by atoms with Crippen LogP contribution in [0.2, 0.25) is 0 Å². The van der Waals surface area contributed by atoms with Crippen LogP contribution in [-0.4, -0.2) is 34.8 Å². The highest BCUT2D eigenvalue weighted by Gasteiger charge is 2.27. The molecule has 1 atom stereocenters. The number of amides is 1. The van der Waals surface area contributed by atoms with E-state index in [2.05, 4.69) is 5.16 Å². The summed E-state index contributed by atoms with van der Waals surface area (Å²) >= 11 is 1.49. The normalized spacial score (nSPS) is 23.1. The molecule has 1 aromatic heterocycles. The molecule has 2 rings (SSSR count). The third kappa shape index (κ3) is 2.34. The van der Waals surface area contributed by atoms with Gasteiger partial charge in [0.15, 0.2) is 0 Å². The van der Waals surface area contributed by atoms with Crippen molar-refractivity contribution in [3.63, 3.8) is 0 Å². The Morgan fingerprint density at radius 2 is 2.41 bits per heavy atom. The lowest BCUT2D eigenvalue weighted by Crippen LogP contribution is -2.43. The number of rotatable bonds is 1. The summed E-state index contributed by atoms with van der Waals surface area (Å²) in [6.45, 7) is 5.21. The molecule has 4 nitrogen and oxygen atoms in total. The van der Waals surface area contributed by atoms with E-state index in [0.29, 0.717) is 19.5 Å². The van der Waals surface area contributed by atoms with E-state index in [1.165, 1.54) is 11.3 Å². The Kier molecular flexibility index (Phi) is 3.47. The zero-order chi connectivity index (χ0) is 12.4. The smallest absolute Gasteiger partial charge is 0.264 e. The second-order valence-electron chi connectivity index (χ2n) is 4.43. The fourth-order valence-electron chi connectivity index (χ4n) is 2.09. The molecule has 1 aliphatic heterocycles. The van der Waals surface area contributed by atoms with E-state index in [-0.39, 0.29) is 11.8 Å². The molecular formula is C12H16N2O2S. The highest BCUT2D eigenvalue weighted by molar-refractivity contribution is 7.12. The number of piperidine rings is 1. The number of carbonyl (C=O) groups is 1. The van der Waals surface area contributed by atoms with Crippen molar-refractivity contribution < 1.29 is 10.0 Å². The van der Waals surface area contributed by atoms with Gasteiger partial charge in [-0.1, -0.05) is 12.1 Å². The molecule has 1 aromatic rings. The summed E-state index contributed by atoms with van der Waals surface area (Å²) in [4.78, 5) is 14.9. The monoisotopic (exact) mass is 252 g/mol. The van der Waals surface area contributed by atoms with Gasteiger partial charge in [-0.3, -0.25) is 4.79 Å². The Hall–Kier alpha value is -1.36. The molecular weight excluding hydrogens is 236 g/mol. The Morgan fingerprint density at radius 3 is 2.94 bits per heavy atom. The van der Waals surface area contributed by atoms with Gasteiger partial charge in [-0.15, -0.1) is 11.3 Å². The number of hydrogen-bond donors (Lipinski definition) is 1. The first-order valence-corrected chi connectivity index (χ1v) is 6.55.